The van der Waals surface area contributed by atoms with Gasteiger partial charge in [-0.15, -0.1) is 0 Å². The lowest BCUT2D eigenvalue weighted by molar-refractivity contribution is 1.12. The zero-order chi connectivity index (χ0) is 9.52. The molecular weight excluding hydrogens is 156 g/mol. The van der Waals surface area contributed by atoms with E-state index < -0.39 is 0 Å². The second-order valence-electron chi connectivity index (χ2n) is 3.25. The predicted molar refractivity (Wildman–Crippen MR) is 59.0 cm³/mol. The summed E-state index contributed by atoms with van der Waals surface area (Å²) in [5.41, 5.74) is 2.82. The molecule has 0 nitrogen and oxygen atoms in total. The molecule has 0 aromatic heterocycles. The van der Waals surface area contributed by atoms with Crippen LogP contribution in [-0.2, 0) is 12.8 Å². The zero-order valence-electron chi connectivity index (χ0n) is 8.59. The lowest BCUT2D eigenvalue weighted by Gasteiger charge is -1.98. The fourth-order valence-corrected chi connectivity index (χ4v) is 1.30. The standard InChI is InChI=1S/C13H18/c1-3-5-6-7-13-10-8-12(4-2)9-11-13/h5-6,8-11H,3-4,7H2,1-2H3. The van der Waals surface area contributed by atoms with Gasteiger partial charge in [-0.1, -0.05) is 50.3 Å². The average Bonchev–Trinajstić information content (AvgIpc) is 2.19. The van der Waals surface area contributed by atoms with Gasteiger partial charge >= 0.3 is 0 Å². The number of hydrogen-bond donors (Lipinski definition) is 0. The van der Waals surface area contributed by atoms with Crippen LogP contribution in [0.1, 0.15) is 31.4 Å². The Labute approximate surface area is 81.3 Å². The Morgan fingerprint density at radius 1 is 0.923 bits per heavy atom. The molecule has 0 saturated carbocycles. The monoisotopic (exact) mass is 174 g/mol. The van der Waals surface area contributed by atoms with E-state index in [0.29, 0.717) is 0 Å². The maximum Gasteiger partial charge on any atom is -0.00975 e. The van der Waals surface area contributed by atoms with Gasteiger partial charge < -0.3 is 0 Å². The lowest BCUT2D eigenvalue weighted by Crippen LogP contribution is -1.83. The molecule has 0 fully saturated rings. The van der Waals surface area contributed by atoms with Crippen LogP contribution in [0.5, 0.6) is 0 Å². The minimum Gasteiger partial charge on any atom is -0.0885 e. The summed E-state index contributed by atoms with van der Waals surface area (Å²) < 4.78 is 0. The summed E-state index contributed by atoms with van der Waals surface area (Å²) in [7, 11) is 0. The largest absolute Gasteiger partial charge is 0.0885 e. The van der Waals surface area contributed by atoms with E-state index in [-0.39, 0.29) is 0 Å². The van der Waals surface area contributed by atoms with Gasteiger partial charge in [-0.05, 0) is 30.4 Å². The van der Waals surface area contributed by atoms with E-state index in [9.17, 15) is 0 Å². The maximum absolute atomic E-state index is 2.24. The van der Waals surface area contributed by atoms with Crippen LogP contribution in [-0.4, -0.2) is 0 Å². The number of rotatable bonds is 4. The number of aryl methyl sites for hydroxylation is 1. The Morgan fingerprint density at radius 3 is 2.08 bits per heavy atom. The Kier molecular flexibility index (Phi) is 4.31. The van der Waals surface area contributed by atoms with Gasteiger partial charge in [0.05, 0.1) is 0 Å². The van der Waals surface area contributed by atoms with Crippen molar-refractivity contribution in [3.05, 3.63) is 47.5 Å². The molecule has 0 atom stereocenters. The van der Waals surface area contributed by atoms with Gasteiger partial charge in [0.15, 0.2) is 0 Å². The molecule has 0 saturated heterocycles. The van der Waals surface area contributed by atoms with Crippen LogP contribution >= 0.6 is 0 Å². The molecule has 1 rings (SSSR count). The molecule has 0 aliphatic rings. The Bertz CT molecular complexity index is 254. The molecule has 0 N–H and O–H groups in total. The molecule has 0 radical (unpaired) electrons. The van der Waals surface area contributed by atoms with Crippen molar-refractivity contribution >= 4 is 0 Å². The molecule has 0 spiro atoms. The molecule has 70 valence electrons. The van der Waals surface area contributed by atoms with Gasteiger partial charge in [-0.2, -0.15) is 0 Å². The highest BCUT2D eigenvalue weighted by Crippen LogP contribution is 2.06. The third-order valence-electron chi connectivity index (χ3n) is 2.19. The second-order valence-corrected chi connectivity index (χ2v) is 3.25. The second kappa shape index (κ2) is 5.58. The lowest BCUT2D eigenvalue weighted by atomic mass is 10.1. The van der Waals surface area contributed by atoms with Gasteiger partial charge in [0, 0.05) is 0 Å². The topological polar surface area (TPSA) is 0 Å². The van der Waals surface area contributed by atoms with E-state index in [1.165, 1.54) is 11.1 Å². The molecular formula is C13H18. The van der Waals surface area contributed by atoms with Crippen LogP contribution in [0.3, 0.4) is 0 Å². The third-order valence-corrected chi connectivity index (χ3v) is 2.19. The van der Waals surface area contributed by atoms with E-state index in [1.54, 1.807) is 0 Å². The molecule has 0 bridgehead atoms. The van der Waals surface area contributed by atoms with Crippen LogP contribution in [0.4, 0.5) is 0 Å². The summed E-state index contributed by atoms with van der Waals surface area (Å²) >= 11 is 0. The first-order valence-corrected chi connectivity index (χ1v) is 5.09. The van der Waals surface area contributed by atoms with Crippen molar-refractivity contribution in [2.45, 2.75) is 33.1 Å². The Balaban J connectivity index is 2.54. The zero-order valence-corrected chi connectivity index (χ0v) is 8.59. The van der Waals surface area contributed by atoms with E-state index in [4.69, 9.17) is 0 Å². The molecule has 1 aromatic rings. The first kappa shape index (κ1) is 10.0. The van der Waals surface area contributed by atoms with E-state index in [2.05, 4.69) is 50.3 Å². The number of hydrogen-bond acceptors (Lipinski definition) is 0. The fourth-order valence-electron chi connectivity index (χ4n) is 1.30. The van der Waals surface area contributed by atoms with Crippen molar-refractivity contribution in [3.8, 4) is 0 Å². The Hall–Kier alpha value is -1.04. The highest BCUT2D eigenvalue weighted by Gasteiger charge is 1.90. The number of allylic oxidation sites excluding steroid dienone is 2. The van der Waals surface area contributed by atoms with Crippen molar-refractivity contribution in [2.75, 3.05) is 0 Å². The van der Waals surface area contributed by atoms with E-state index in [1.807, 2.05) is 0 Å². The molecule has 0 aliphatic carbocycles. The minimum absolute atomic E-state index is 1.07. The molecule has 1 aromatic carbocycles. The normalized spacial score (nSPS) is 10.9. The van der Waals surface area contributed by atoms with E-state index in [0.717, 1.165) is 19.3 Å². The molecule has 0 heteroatoms. The predicted octanol–water partition coefficient (Wildman–Crippen LogP) is 3.76. The first-order valence-electron chi connectivity index (χ1n) is 5.09. The van der Waals surface area contributed by atoms with Crippen LogP contribution < -0.4 is 0 Å². The van der Waals surface area contributed by atoms with Crippen LogP contribution in [0.15, 0.2) is 36.4 Å². The molecule has 0 unspecified atom stereocenters. The SMILES string of the molecule is CCC=CCc1ccc(CC)cc1. The minimum atomic E-state index is 1.07. The summed E-state index contributed by atoms with van der Waals surface area (Å²) in [5.74, 6) is 0. The smallest absolute Gasteiger partial charge is 0.00975 e. The van der Waals surface area contributed by atoms with Gasteiger partial charge in [0.1, 0.15) is 0 Å². The van der Waals surface area contributed by atoms with Gasteiger partial charge in [0.2, 0.25) is 0 Å². The van der Waals surface area contributed by atoms with Crippen LogP contribution in [0, 0.1) is 0 Å². The molecule has 0 heterocycles. The summed E-state index contributed by atoms with van der Waals surface area (Å²) in [5, 5.41) is 0. The van der Waals surface area contributed by atoms with Gasteiger partial charge in [0.25, 0.3) is 0 Å². The van der Waals surface area contributed by atoms with Crippen molar-refractivity contribution < 1.29 is 0 Å². The van der Waals surface area contributed by atoms with Crippen LogP contribution in [0.2, 0.25) is 0 Å². The van der Waals surface area contributed by atoms with Crippen molar-refractivity contribution in [2.24, 2.45) is 0 Å². The average molecular weight is 174 g/mol. The summed E-state index contributed by atoms with van der Waals surface area (Å²) in [6.45, 7) is 4.35. The van der Waals surface area contributed by atoms with Crippen molar-refractivity contribution in [3.63, 3.8) is 0 Å². The highest BCUT2D eigenvalue weighted by atomic mass is 14.0. The summed E-state index contributed by atoms with van der Waals surface area (Å²) in [6, 6.07) is 8.88. The van der Waals surface area contributed by atoms with E-state index >= 15 is 0 Å². The fraction of sp³-hybridized carbons (Fsp3) is 0.385. The van der Waals surface area contributed by atoms with Crippen molar-refractivity contribution in [1.29, 1.82) is 0 Å². The molecule has 0 amide bonds. The van der Waals surface area contributed by atoms with Crippen LogP contribution in [0.25, 0.3) is 0 Å². The van der Waals surface area contributed by atoms with Crippen molar-refractivity contribution in [1.82, 2.24) is 0 Å². The first-order chi connectivity index (χ1) is 6.36. The molecule has 13 heavy (non-hydrogen) atoms. The molecule has 0 aliphatic heterocycles. The summed E-state index contributed by atoms with van der Waals surface area (Å²) in [4.78, 5) is 0. The highest BCUT2D eigenvalue weighted by molar-refractivity contribution is 5.23. The third kappa shape index (κ3) is 3.45. The quantitative estimate of drug-likeness (QED) is 0.610. The number of benzene rings is 1. The summed E-state index contributed by atoms with van der Waals surface area (Å²) in [6.07, 6.45) is 7.78. The maximum atomic E-state index is 2.24. The van der Waals surface area contributed by atoms with Gasteiger partial charge in [-0.3, -0.25) is 0 Å². The Morgan fingerprint density at radius 2 is 1.54 bits per heavy atom. The van der Waals surface area contributed by atoms with Gasteiger partial charge in [-0.25, -0.2) is 0 Å².